The first-order valence-electron chi connectivity index (χ1n) is 6.20. The smallest absolute Gasteiger partial charge is 0.253 e. The molecule has 1 aliphatic carbocycles. The highest BCUT2D eigenvalue weighted by Gasteiger charge is 2.30. The Bertz CT molecular complexity index is 456. The minimum Gasteiger partial charge on any atom is -0.373 e. The molecule has 1 aromatic rings. The Balaban J connectivity index is 2.17. The van der Waals surface area contributed by atoms with Gasteiger partial charge in [0.25, 0.3) is 5.91 Å². The van der Waals surface area contributed by atoms with Crippen LogP contribution in [0.15, 0.2) is 12.3 Å². The molecule has 1 aromatic heterocycles. The number of carbonyl (C=O) groups excluding carboxylic acids is 1. The van der Waals surface area contributed by atoms with Gasteiger partial charge in [0.05, 0.1) is 10.6 Å². The second kappa shape index (κ2) is 5.14. The molecule has 1 aliphatic rings. The molecule has 0 atom stereocenters. The molecule has 18 heavy (non-hydrogen) atoms. The zero-order valence-electron chi connectivity index (χ0n) is 10.7. The van der Waals surface area contributed by atoms with Gasteiger partial charge >= 0.3 is 0 Å². The van der Waals surface area contributed by atoms with Gasteiger partial charge in [0.2, 0.25) is 0 Å². The maximum Gasteiger partial charge on any atom is 0.253 e. The largest absolute Gasteiger partial charge is 0.373 e. The fraction of sp³-hybridized carbons (Fsp3) is 0.538. The van der Waals surface area contributed by atoms with Gasteiger partial charge in [-0.05, 0) is 25.8 Å². The molecule has 2 N–H and O–H groups in total. The van der Waals surface area contributed by atoms with E-state index < -0.39 is 0 Å². The van der Waals surface area contributed by atoms with Crippen molar-refractivity contribution < 1.29 is 4.79 Å². The number of amides is 1. The standard InChI is InChI=1S/C13H18ClN3O/c1-13(5-3-4-6-13)17-12(18)9-7-11(15-2)16-8-10(9)14/h7-8H,3-6H2,1-2H3,(H,15,16)(H,17,18). The summed E-state index contributed by atoms with van der Waals surface area (Å²) < 4.78 is 0. The average molecular weight is 268 g/mol. The number of aromatic nitrogens is 1. The van der Waals surface area contributed by atoms with Crippen LogP contribution in [0.25, 0.3) is 0 Å². The summed E-state index contributed by atoms with van der Waals surface area (Å²) in [6, 6.07) is 1.68. The van der Waals surface area contributed by atoms with Crippen molar-refractivity contribution in [3.63, 3.8) is 0 Å². The Morgan fingerprint density at radius 3 is 2.72 bits per heavy atom. The van der Waals surface area contributed by atoms with Crippen molar-refractivity contribution in [3.05, 3.63) is 22.8 Å². The topological polar surface area (TPSA) is 54.0 Å². The van der Waals surface area contributed by atoms with E-state index in [-0.39, 0.29) is 11.4 Å². The highest BCUT2D eigenvalue weighted by Crippen LogP contribution is 2.29. The lowest BCUT2D eigenvalue weighted by molar-refractivity contribution is 0.0908. The SMILES string of the molecule is CNc1cc(C(=O)NC2(C)CCCC2)c(Cl)cn1. The lowest BCUT2D eigenvalue weighted by Crippen LogP contribution is -2.43. The minimum absolute atomic E-state index is 0.0938. The van der Waals surface area contributed by atoms with E-state index in [0.717, 1.165) is 12.8 Å². The summed E-state index contributed by atoms with van der Waals surface area (Å²) in [4.78, 5) is 16.3. The molecule has 1 fully saturated rings. The number of hydrogen-bond donors (Lipinski definition) is 2. The molecule has 0 unspecified atom stereocenters. The summed E-state index contributed by atoms with van der Waals surface area (Å²) >= 11 is 6.03. The van der Waals surface area contributed by atoms with Gasteiger partial charge < -0.3 is 10.6 Å². The molecule has 0 radical (unpaired) electrons. The highest BCUT2D eigenvalue weighted by molar-refractivity contribution is 6.33. The van der Waals surface area contributed by atoms with E-state index >= 15 is 0 Å². The van der Waals surface area contributed by atoms with Gasteiger partial charge in [-0.1, -0.05) is 24.4 Å². The third-order valence-corrected chi connectivity index (χ3v) is 3.78. The zero-order chi connectivity index (χ0) is 13.2. The Hall–Kier alpha value is -1.29. The number of nitrogens with zero attached hydrogens (tertiary/aromatic N) is 1. The number of carbonyl (C=O) groups is 1. The van der Waals surface area contributed by atoms with Crippen molar-refractivity contribution in [2.45, 2.75) is 38.1 Å². The Kier molecular flexibility index (Phi) is 3.76. The molecule has 0 aromatic carbocycles. The van der Waals surface area contributed by atoms with Crippen LogP contribution in [0.5, 0.6) is 0 Å². The number of nitrogens with one attached hydrogen (secondary N) is 2. The number of rotatable bonds is 3. The molecule has 0 bridgehead atoms. The predicted molar refractivity (Wildman–Crippen MR) is 73.1 cm³/mol. The van der Waals surface area contributed by atoms with Crippen LogP contribution in [-0.4, -0.2) is 23.5 Å². The van der Waals surface area contributed by atoms with Crippen LogP contribution in [-0.2, 0) is 0 Å². The number of halogens is 1. The van der Waals surface area contributed by atoms with Crippen LogP contribution in [0.4, 0.5) is 5.82 Å². The summed E-state index contributed by atoms with van der Waals surface area (Å²) in [6.07, 6.45) is 5.89. The van der Waals surface area contributed by atoms with E-state index in [1.54, 1.807) is 13.1 Å². The highest BCUT2D eigenvalue weighted by atomic mass is 35.5. The van der Waals surface area contributed by atoms with Crippen LogP contribution in [0.3, 0.4) is 0 Å². The molecule has 0 saturated heterocycles. The Labute approximate surface area is 112 Å². The van der Waals surface area contributed by atoms with Crippen molar-refractivity contribution in [1.29, 1.82) is 0 Å². The zero-order valence-corrected chi connectivity index (χ0v) is 11.5. The van der Waals surface area contributed by atoms with E-state index in [1.807, 2.05) is 0 Å². The minimum atomic E-state index is -0.122. The van der Waals surface area contributed by atoms with Crippen molar-refractivity contribution in [1.82, 2.24) is 10.3 Å². The number of pyridine rings is 1. The van der Waals surface area contributed by atoms with Gasteiger partial charge in [-0.2, -0.15) is 0 Å². The van der Waals surface area contributed by atoms with E-state index in [0.29, 0.717) is 16.4 Å². The molecular formula is C13H18ClN3O. The summed E-state index contributed by atoms with van der Waals surface area (Å²) in [5.41, 5.74) is 0.382. The maximum absolute atomic E-state index is 12.2. The van der Waals surface area contributed by atoms with Crippen molar-refractivity contribution in [2.75, 3.05) is 12.4 Å². The van der Waals surface area contributed by atoms with Crippen LogP contribution in [0.2, 0.25) is 5.02 Å². The first-order chi connectivity index (χ1) is 8.54. The van der Waals surface area contributed by atoms with Gasteiger partial charge in [-0.3, -0.25) is 4.79 Å². The second-order valence-electron chi connectivity index (χ2n) is 5.02. The van der Waals surface area contributed by atoms with Gasteiger partial charge in [-0.15, -0.1) is 0 Å². The van der Waals surface area contributed by atoms with Crippen molar-refractivity contribution in [3.8, 4) is 0 Å². The Morgan fingerprint density at radius 1 is 1.44 bits per heavy atom. The third-order valence-electron chi connectivity index (χ3n) is 3.48. The molecule has 1 amide bonds. The van der Waals surface area contributed by atoms with E-state index in [9.17, 15) is 4.79 Å². The van der Waals surface area contributed by atoms with Crippen LogP contribution in [0, 0.1) is 0 Å². The molecule has 2 rings (SSSR count). The lowest BCUT2D eigenvalue weighted by atomic mass is 10.00. The summed E-state index contributed by atoms with van der Waals surface area (Å²) in [5, 5.41) is 6.37. The van der Waals surface area contributed by atoms with Gasteiger partial charge in [0, 0.05) is 18.8 Å². The summed E-state index contributed by atoms with van der Waals surface area (Å²) in [6.45, 7) is 2.09. The fourth-order valence-corrected chi connectivity index (χ4v) is 2.56. The van der Waals surface area contributed by atoms with Crippen LogP contribution in [0.1, 0.15) is 43.0 Å². The summed E-state index contributed by atoms with van der Waals surface area (Å²) in [7, 11) is 1.76. The van der Waals surface area contributed by atoms with Crippen molar-refractivity contribution >= 4 is 23.3 Å². The monoisotopic (exact) mass is 267 g/mol. The average Bonchev–Trinajstić information content (AvgIpc) is 2.76. The lowest BCUT2D eigenvalue weighted by Gasteiger charge is -2.25. The first kappa shape index (κ1) is 13.1. The molecule has 4 nitrogen and oxygen atoms in total. The van der Waals surface area contributed by atoms with Crippen molar-refractivity contribution in [2.24, 2.45) is 0 Å². The molecule has 0 aliphatic heterocycles. The Morgan fingerprint density at radius 2 is 2.11 bits per heavy atom. The summed E-state index contributed by atoms with van der Waals surface area (Å²) in [5.74, 6) is 0.518. The molecule has 98 valence electrons. The van der Waals surface area contributed by atoms with E-state index in [1.165, 1.54) is 19.0 Å². The molecule has 1 heterocycles. The fourth-order valence-electron chi connectivity index (χ4n) is 2.37. The molecule has 0 spiro atoms. The van der Waals surface area contributed by atoms with Gasteiger partial charge in [0.15, 0.2) is 0 Å². The molecule has 5 heteroatoms. The van der Waals surface area contributed by atoms with Crippen LogP contribution >= 0.6 is 11.6 Å². The normalized spacial score (nSPS) is 17.5. The quantitative estimate of drug-likeness (QED) is 0.885. The second-order valence-corrected chi connectivity index (χ2v) is 5.43. The van der Waals surface area contributed by atoms with Gasteiger partial charge in [0.1, 0.15) is 5.82 Å². The third kappa shape index (κ3) is 2.75. The van der Waals surface area contributed by atoms with E-state index in [2.05, 4.69) is 22.5 Å². The number of anilines is 1. The van der Waals surface area contributed by atoms with E-state index in [4.69, 9.17) is 11.6 Å². The van der Waals surface area contributed by atoms with Crippen LogP contribution < -0.4 is 10.6 Å². The predicted octanol–water partition coefficient (Wildman–Crippen LogP) is 2.84. The van der Waals surface area contributed by atoms with Gasteiger partial charge in [-0.25, -0.2) is 4.98 Å². The first-order valence-corrected chi connectivity index (χ1v) is 6.58. The number of hydrogen-bond acceptors (Lipinski definition) is 3. The molecule has 1 saturated carbocycles. The molecular weight excluding hydrogens is 250 g/mol. The maximum atomic E-state index is 12.2.